The van der Waals surface area contributed by atoms with Gasteiger partial charge in [0.1, 0.15) is 0 Å². The molecule has 2 aromatic rings. The van der Waals surface area contributed by atoms with Crippen molar-refractivity contribution in [3.05, 3.63) is 46.8 Å². The number of hydrogen-bond acceptors (Lipinski definition) is 3. The molecule has 1 aromatic carbocycles. The smallest absolute Gasteiger partial charge is 0.337 e. The monoisotopic (exact) mass is 232 g/mol. The molecule has 16 heavy (non-hydrogen) atoms. The highest BCUT2D eigenvalue weighted by molar-refractivity contribution is 7.15. The molecule has 1 heterocycles. The van der Waals surface area contributed by atoms with E-state index in [9.17, 15) is 4.79 Å². The average Bonchev–Trinajstić information content (AvgIpc) is 2.75. The van der Waals surface area contributed by atoms with Crippen LogP contribution in [0.2, 0.25) is 0 Å². The van der Waals surface area contributed by atoms with Crippen LogP contribution in [0, 0.1) is 6.92 Å². The van der Waals surface area contributed by atoms with Crippen molar-refractivity contribution in [3.63, 3.8) is 0 Å². The second-order valence-corrected chi connectivity index (χ2v) is 4.77. The van der Waals surface area contributed by atoms with Crippen molar-refractivity contribution >= 4 is 17.3 Å². The Kier molecular flexibility index (Phi) is 3.06. The molecule has 0 saturated heterocycles. The van der Waals surface area contributed by atoms with E-state index in [1.54, 1.807) is 23.5 Å². The van der Waals surface area contributed by atoms with Gasteiger partial charge in [-0.1, -0.05) is 12.1 Å². The van der Waals surface area contributed by atoms with E-state index in [0.717, 1.165) is 5.56 Å². The number of methoxy groups -OCH3 is 1. The van der Waals surface area contributed by atoms with Crippen molar-refractivity contribution in [2.24, 2.45) is 0 Å². The van der Waals surface area contributed by atoms with E-state index in [-0.39, 0.29) is 5.97 Å². The molecule has 0 aliphatic rings. The number of benzene rings is 1. The van der Waals surface area contributed by atoms with Crippen LogP contribution in [0.4, 0.5) is 0 Å². The number of carbonyl (C=O) groups is 1. The van der Waals surface area contributed by atoms with Gasteiger partial charge in [-0.3, -0.25) is 0 Å². The van der Waals surface area contributed by atoms with E-state index in [1.807, 2.05) is 12.1 Å². The Morgan fingerprint density at radius 2 is 1.81 bits per heavy atom. The summed E-state index contributed by atoms with van der Waals surface area (Å²) in [4.78, 5) is 13.7. The van der Waals surface area contributed by atoms with Crippen LogP contribution in [0.1, 0.15) is 15.2 Å². The third-order valence-electron chi connectivity index (χ3n) is 2.33. The maximum atomic E-state index is 11.2. The van der Waals surface area contributed by atoms with Gasteiger partial charge in [-0.2, -0.15) is 0 Å². The lowest BCUT2D eigenvalue weighted by atomic mass is 10.1. The number of ether oxygens (including phenoxy) is 1. The number of thiophene rings is 1. The van der Waals surface area contributed by atoms with Crippen molar-refractivity contribution in [2.45, 2.75) is 6.92 Å². The highest BCUT2D eigenvalue weighted by atomic mass is 32.1. The fourth-order valence-corrected chi connectivity index (χ4v) is 2.35. The number of carbonyl (C=O) groups excluding carboxylic acids is 1. The van der Waals surface area contributed by atoms with Crippen LogP contribution < -0.4 is 0 Å². The van der Waals surface area contributed by atoms with Gasteiger partial charge in [-0.15, -0.1) is 11.3 Å². The molecule has 82 valence electrons. The second-order valence-electron chi connectivity index (χ2n) is 3.48. The highest BCUT2D eigenvalue weighted by Crippen LogP contribution is 2.27. The number of esters is 1. The zero-order valence-corrected chi connectivity index (χ0v) is 10.0. The molecule has 0 atom stereocenters. The first kappa shape index (κ1) is 10.9. The maximum absolute atomic E-state index is 11.2. The molecule has 0 aliphatic carbocycles. The van der Waals surface area contributed by atoms with E-state index in [4.69, 9.17) is 0 Å². The largest absolute Gasteiger partial charge is 0.465 e. The zero-order valence-electron chi connectivity index (χ0n) is 9.19. The Balaban J connectivity index is 2.29. The van der Waals surface area contributed by atoms with Gasteiger partial charge in [0.15, 0.2) is 0 Å². The van der Waals surface area contributed by atoms with E-state index in [0.29, 0.717) is 5.56 Å². The molecule has 2 rings (SSSR count). The van der Waals surface area contributed by atoms with Gasteiger partial charge < -0.3 is 4.74 Å². The molecular formula is C13H12O2S. The lowest BCUT2D eigenvalue weighted by Gasteiger charge is -2.00. The highest BCUT2D eigenvalue weighted by Gasteiger charge is 2.05. The third kappa shape index (κ3) is 2.14. The number of aryl methyl sites for hydroxylation is 1. The summed E-state index contributed by atoms with van der Waals surface area (Å²) < 4.78 is 4.65. The van der Waals surface area contributed by atoms with Gasteiger partial charge in [0.05, 0.1) is 12.7 Å². The number of rotatable bonds is 2. The minimum absolute atomic E-state index is 0.297. The summed E-state index contributed by atoms with van der Waals surface area (Å²) in [5, 5.41) is 0. The van der Waals surface area contributed by atoms with Crippen molar-refractivity contribution in [1.29, 1.82) is 0 Å². The topological polar surface area (TPSA) is 26.3 Å². The van der Waals surface area contributed by atoms with Crippen LogP contribution in [-0.2, 0) is 4.74 Å². The fraction of sp³-hybridized carbons (Fsp3) is 0.154. The van der Waals surface area contributed by atoms with Gasteiger partial charge in [-0.05, 0) is 36.8 Å². The molecule has 0 saturated carbocycles. The predicted octanol–water partition coefficient (Wildman–Crippen LogP) is 3.51. The molecule has 1 aromatic heterocycles. The lowest BCUT2D eigenvalue weighted by molar-refractivity contribution is 0.0601. The Hall–Kier alpha value is -1.61. The van der Waals surface area contributed by atoms with Crippen LogP contribution in [0.25, 0.3) is 10.4 Å². The summed E-state index contributed by atoms with van der Waals surface area (Å²) in [6.45, 7) is 2.08. The summed E-state index contributed by atoms with van der Waals surface area (Å²) in [5.74, 6) is -0.297. The molecule has 0 N–H and O–H groups in total. The van der Waals surface area contributed by atoms with Crippen LogP contribution in [-0.4, -0.2) is 13.1 Å². The molecule has 0 bridgehead atoms. The maximum Gasteiger partial charge on any atom is 0.337 e. The molecule has 0 aliphatic heterocycles. The van der Waals surface area contributed by atoms with Crippen LogP contribution >= 0.6 is 11.3 Å². The van der Waals surface area contributed by atoms with E-state index < -0.39 is 0 Å². The van der Waals surface area contributed by atoms with Crippen LogP contribution in [0.3, 0.4) is 0 Å². The molecule has 0 fully saturated rings. The minimum Gasteiger partial charge on any atom is -0.465 e. The van der Waals surface area contributed by atoms with E-state index >= 15 is 0 Å². The van der Waals surface area contributed by atoms with Gasteiger partial charge in [0.25, 0.3) is 0 Å². The van der Waals surface area contributed by atoms with E-state index in [2.05, 4.69) is 23.8 Å². The van der Waals surface area contributed by atoms with Crippen LogP contribution in [0.15, 0.2) is 36.4 Å². The molecule has 0 unspecified atom stereocenters. The first-order valence-electron chi connectivity index (χ1n) is 4.96. The quantitative estimate of drug-likeness (QED) is 0.741. The van der Waals surface area contributed by atoms with Gasteiger partial charge in [-0.25, -0.2) is 4.79 Å². The fourth-order valence-electron chi connectivity index (χ4n) is 1.48. The number of hydrogen-bond donors (Lipinski definition) is 0. The summed E-state index contributed by atoms with van der Waals surface area (Å²) >= 11 is 1.74. The SMILES string of the molecule is COC(=O)c1ccc(-c2ccc(C)s2)cc1. The molecule has 0 spiro atoms. The van der Waals surface area contributed by atoms with Crippen molar-refractivity contribution in [3.8, 4) is 10.4 Å². The predicted molar refractivity (Wildman–Crippen MR) is 65.8 cm³/mol. The minimum atomic E-state index is -0.297. The van der Waals surface area contributed by atoms with Crippen molar-refractivity contribution in [2.75, 3.05) is 7.11 Å². The van der Waals surface area contributed by atoms with Gasteiger partial charge in [0.2, 0.25) is 0 Å². The molecule has 0 radical (unpaired) electrons. The Bertz CT molecular complexity index is 497. The first-order chi connectivity index (χ1) is 7.70. The summed E-state index contributed by atoms with van der Waals surface area (Å²) in [5.41, 5.74) is 1.71. The Morgan fingerprint density at radius 3 is 2.31 bits per heavy atom. The second kappa shape index (κ2) is 4.49. The average molecular weight is 232 g/mol. The summed E-state index contributed by atoms with van der Waals surface area (Å²) in [6.07, 6.45) is 0. The molecular weight excluding hydrogens is 220 g/mol. The van der Waals surface area contributed by atoms with E-state index in [1.165, 1.54) is 16.9 Å². The zero-order chi connectivity index (χ0) is 11.5. The Labute approximate surface area is 98.5 Å². The summed E-state index contributed by atoms with van der Waals surface area (Å²) in [7, 11) is 1.39. The van der Waals surface area contributed by atoms with Crippen molar-refractivity contribution < 1.29 is 9.53 Å². The van der Waals surface area contributed by atoms with Crippen LogP contribution in [0.5, 0.6) is 0 Å². The lowest BCUT2D eigenvalue weighted by Crippen LogP contribution is -2.00. The van der Waals surface area contributed by atoms with Gasteiger partial charge >= 0.3 is 5.97 Å². The van der Waals surface area contributed by atoms with Crippen molar-refractivity contribution in [1.82, 2.24) is 0 Å². The molecule has 3 heteroatoms. The normalized spacial score (nSPS) is 10.1. The third-order valence-corrected chi connectivity index (χ3v) is 3.38. The van der Waals surface area contributed by atoms with Gasteiger partial charge in [0, 0.05) is 9.75 Å². The molecule has 0 amide bonds. The first-order valence-corrected chi connectivity index (χ1v) is 5.77. The standard InChI is InChI=1S/C13H12O2S/c1-9-3-8-12(16-9)10-4-6-11(7-5-10)13(14)15-2/h3-8H,1-2H3. The molecule has 2 nitrogen and oxygen atoms in total. The summed E-state index contributed by atoms with van der Waals surface area (Å²) in [6, 6.07) is 11.6. The Morgan fingerprint density at radius 1 is 1.12 bits per heavy atom.